The summed E-state index contributed by atoms with van der Waals surface area (Å²) in [7, 11) is 0. The van der Waals surface area contributed by atoms with Crippen LogP contribution in [0.1, 0.15) is 75.4 Å². The molecule has 7 rings (SSSR count). The van der Waals surface area contributed by atoms with E-state index in [1.54, 1.807) is 55.2 Å². The minimum atomic E-state index is -0.289. The van der Waals surface area contributed by atoms with E-state index in [1.165, 1.54) is 18.3 Å². The Morgan fingerprint density at radius 2 is 1.43 bits per heavy atom. The molecule has 72 heavy (non-hydrogen) atoms. The van der Waals surface area contributed by atoms with E-state index >= 15 is 0 Å². The van der Waals surface area contributed by atoms with E-state index in [2.05, 4.69) is 46.0 Å². The summed E-state index contributed by atoms with van der Waals surface area (Å²) in [5, 5.41) is 12.9. The third-order valence-corrected chi connectivity index (χ3v) is 13.1. The fraction of sp³-hybridized carbons (Fsp3) is 0.500. The number of nitrogens with one attached hydrogen (secondary N) is 4. The van der Waals surface area contributed by atoms with Crippen LogP contribution in [0, 0.1) is 20.8 Å². The van der Waals surface area contributed by atoms with Crippen LogP contribution in [-0.4, -0.2) is 158 Å². The third kappa shape index (κ3) is 15.3. The number of ketones is 1. The topological polar surface area (TPSA) is 243 Å². The summed E-state index contributed by atoms with van der Waals surface area (Å²) < 4.78 is 29.5. The first-order valence-corrected chi connectivity index (χ1v) is 25.2. The number of fused-ring (bicyclic) bond motifs is 1. The Bertz CT molecular complexity index is 2690. The summed E-state index contributed by atoms with van der Waals surface area (Å²) in [5.74, 6) is 0.512. The molecule has 386 valence electrons. The molecule has 5 aromatic rings. The lowest BCUT2D eigenvalue weighted by Crippen LogP contribution is -2.49. The smallest absolute Gasteiger partial charge is 0.263 e. The maximum atomic E-state index is 13.6. The van der Waals surface area contributed by atoms with Gasteiger partial charge in [-0.25, -0.2) is 15.0 Å². The van der Waals surface area contributed by atoms with E-state index < -0.39 is 0 Å². The standard InChI is InChI=1S/C50H65N11O10S/c1-33-27-39(10-11-40(33)47(65)58-50-55-28-34(2)72-50)71-32-44(64)52-14-20-68-22-24-70-26-25-69-23-21-67-19-13-51-43(63)31-59-15-17-60(18-16-59)38-9-12-42(53-29-38)56-49-54-30-41-35(3)45(36(4)62)48(66)61(46(41)57-49)37-7-5-6-8-37/h9-12,27-30,37H,5-8,13-26,31-32H2,1-4H3,(H,51,63)(H,52,64)(H,55,58,65)(H,53,54,56,57). The summed E-state index contributed by atoms with van der Waals surface area (Å²) in [5.41, 5.74) is 3.22. The monoisotopic (exact) mass is 1010 g/mol. The van der Waals surface area contributed by atoms with Crippen molar-refractivity contribution in [2.45, 2.75) is 59.4 Å². The number of nitrogens with zero attached hydrogens (tertiary/aromatic N) is 7. The highest BCUT2D eigenvalue weighted by Gasteiger charge is 2.26. The van der Waals surface area contributed by atoms with Gasteiger partial charge in [0, 0.05) is 73.5 Å². The zero-order chi connectivity index (χ0) is 50.8. The van der Waals surface area contributed by atoms with Crippen molar-refractivity contribution in [2.75, 3.05) is 121 Å². The number of hydrogen-bond donors (Lipinski definition) is 4. The van der Waals surface area contributed by atoms with E-state index in [4.69, 9.17) is 28.7 Å². The molecule has 1 saturated carbocycles. The number of Topliss-reactive ketones (excluding diaryl/α,β-unsaturated/α-hetero) is 1. The van der Waals surface area contributed by atoms with Crippen LogP contribution >= 0.6 is 11.3 Å². The van der Waals surface area contributed by atoms with Gasteiger partial charge in [0.05, 0.1) is 76.8 Å². The molecule has 1 aliphatic carbocycles. The lowest BCUT2D eigenvalue weighted by atomic mass is 10.0. The molecule has 0 atom stereocenters. The number of pyridine rings is 2. The van der Waals surface area contributed by atoms with Gasteiger partial charge in [0.25, 0.3) is 17.4 Å². The number of benzene rings is 1. The third-order valence-electron chi connectivity index (χ3n) is 12.3. The Morgan fingerprint density at radius 3 is 2.04 bits per heavy atom. The van der Waals surface area contributed by atoms with Gasteiger partial charge < -0.3 is 44.5 Å². The molecule has 22 heteroatoms. The van der Waals surface area contributed by atoms with Crippen molar-refractivity contribution in [3.8, 4) is 5.75 Å². The molecule has 1 aliphatic heterocycles. The normalized spacial score (nSPS) is 14.1. The molecular formula is C50H65N11O10S. The van der Waals surface area contributed by atoms with Crippen LogP contribution in [-0.2, 0) is 28.5 Å². The molecule has 1 saturated heterocycles. The summed E-state index contributed by atoms with van der Waals surface area (Å²) in [6.07, 6.45) is 8.97. The summed E-state index contributed by atoms with van der Waals surface area (Å²) in [6.45, 7) is 13.8. The van der Waals surface area contributed by atoms with Gasteiger partial charge in [0.2, 0.25) is 11.9 Å². The molecule has 0 unspecified atom stereocenters. The predicted molar refractivity (Wildman–Crippen MR) is 273 cm³/mol. The maximum absolute atomic E-state index is 13.6. The predicted octanol–water partition coefficient (Wildman–Crippen LogP) is 4.38. The molecule has 1 aromatic carbocycles. The molecule has 0 spiro atoms. The zero-order valence-corrected chi connectivity index (χ0v) is 42.3. The Kier molecular flexibility index (Phi) is 19.9. The lowest BCUT2D eigenvalue weighted by Gasteiger charge is -2.35. The summed E-state index contributed by atoms with van der Waals surface area (Å²) in [6, 6.07) is 8.88. The van der Waals surface area contributed by atoms with Crippen LogP contribution < -0.4 is 36.5 Å². The Morgan fingerprint density at radius 1 is 0.764 bits per heavy atom. The van der Waals surface area contributed by atoms with Crippen molar-refractivity contribution < 1.29 is 42.9 Å². The molecule has 0 radical (unpaired) electrons. The molecule has 2 aliphatic rings. The van der Waals surface area contributed by atoms with Crippen LogP contribution in [0.4, 0.5) is 22.6 Å². The fourth-order valence-corrected chi connectivity index (χ4v) is 9.20. The molecule has 5 heterocycles. The van der Waals surface area contributed by atoms with Crippen molar-refractivity contribution in [3.63, 3.8) is 0 Å². The average molecular weight is 1010 g/mol. The van der Waals surface area contributed by atoms with Gasteiger partial charge in [-0.2, -0.15) is 4.98 Å². The van der Waals surface area contributed by atoms with Crippen molar-refractivity contribution in [1.29, 1.82) is 0 Å². The summed E-state index contributed by atoms with van der Waals surface area (Å²) >= 11 is 1.40. The van der Waals surface area contributed by atoms with Crippen molar-refractivity contribution in [1.82, 2.24) is 40.0 Å². The molecule has 21 nitrogen and oxygen atoms in total. The van der Waals surface area contributed by atoms with Crippen molar-refractivity contribution in [2.24, 2.45) is 0 Å². The lowest BCUT2D eigenvalue weighted by molar-refractivity contribution is -0.123. The Balaban J connectivity index is 0.667. The van der Waals surface area contributed by atoms with Gasteiger partial charge in [-0.1, -0.05) is 12.8 Å². The highest BCUT2D eigenvalue weighted by Crippen LogP contribution is 2.32. The highest BCUT2D eigenvalue weighted by atomic mass is 32.1. The van der Waals surface area contributed by atoms with Crippen LogP contribution in [0.25, 0.3) is 11.0 Å². The van der Waals surface area contributed by atoms with Crippen LogP contribution in [0.3, 0.4) is 0 Å². The number of hydrogen-bond acceptors (Lipinski definition) is 18. The van der Waals surface area contributed by atoms with Gasteiger partial charge in [-0.05, 0) is 82.0 Å². The van der Waals surface area contributed by atoms with E-state index in [1.807, 2.05) is 19.1 Å². The van der Waals surface area contributed by atoms with E-state index in [0.29, 0.717) is 123 Å². The average Bonchev–Trinajstić information content (AvgIpc) is 4.05. The Labute approximate surface area is 422 Å². The minimum Gasteiger partial charge on any atom is -0.484 e. The highest BCUT2D eigenvalue weighted by molar-refractivity contribution is 7.15. The zero-order valence-electron chi connectivity index (χ0n) is 41.5. The number of thiazole rings is 1. The molecule has 0 bridgehead atoms. The number of rotatable bonds is 27. The molecule has 4 aromatic heterocycles. The number of carbonyl (C=O) groups is 4. The first-order valence-electron chi connectivity index (χ1n) is 24.4. The van der Waals surface area contributed by atoms with Crippen LogP contribution in [0.2, 0.25) is 0 Å². The van der Waals surface area contributed by atoms with Gasteiger partial charge in [0.15, 0.2) is 17.5 Å². The van der Waals surface area contributed by atoms with Crippen molar-refractivity contribution >= 4 is 68.5 Å². The number of amides is 3. The molecular weight excluding hydrogens is 947 g/mol. The quantitative estimate of drug-likeness (QED) is 0.0421. The first kappa shape index (κ1) is 53.4. The number of anilines is 4. The Hall–Kier alpha value is -6.43. The van der Waals surface area contributed by atoms with E-state index in [0.717, 1.165) is 62.4 Å². The molecule has 3 amide bonds. The number of ether oxygens (including phenoxy) is 5. The van der Waals surface area contributed by atoms with E-state index in [-0.39, 0.29) is 47.3 Å². The van der Waals surface area contributed by atoms with Crippen molar-refractivity contribution in [3.05, 3.63) is 86.4 Å². The minimum absolute atomic E-state index is 0.00520. The number of piperazine rings is 1. The molecule has 4 N–H and O–H groups in total. The van der Waals surface area contributed by atoms with Gasteiger partial charge in [-0.3, -0.25) is 38.8 Å². The second-order valence-corrected chi connectivity index (χ2v) is 18.8. The SMILES string of the molecule is CC(=O)c1c(C)c2cnc(Nc3ccc(N4CCN(CC(=O)NCCOCCOCCOCCOCCNC(=O)COc5ccc(C(=O)Nc6ncc(C)s6)c(C)c5)CC4)cn3)nc2n(C2CCCC2)c1=O. The van der Waals surface area contributed by atoms with Gasteiger partial charge in [-0.15, -0.1) is 11.3 Å². The largest absolute Gasteiger partial charge is 0.484 e. The second kappa shape index (κ2) is 26.9. The first-order chi connectivity index (χ1) is 34.9. The maximum Gasteiger partial charge on any atom is 0.263 e. The number of aryl methyl sites for hydroxylation is 3. The van der Waals surface area contributed by atoms with Crippen LogP contribution in [0.15, 0.2) is 53.7 Å². The van der Waals surface area contributed by atoms with E-state index in [9.17, 15) is 24.0 Å². The molecule has 2 fully saturated rings. The summed E-state index contributed by atoms with van der Waals surface area (Å²) in [4.78, 5) is 86.9. The van der Waals surface area contributed by atoms with Gasteiger partial charge in [0.1, 0.15) is 17.2 Å². The fourth-order valence-electron chi connectivity index (χ4n) is 8.54. The number of carbonyl (C=O) groups excluding carboxylic acids is 4. The van der Waals surface area contributed by atoms with Crippen LogP contribution in [0.5, 0.6) is 5.75 Å². The van der Waals surface area contributed by atoms with Gasteiger partial charge >= 0.3 is 0 Å². The number of aromatic nitrogens is 5. The second-order valence-electron chi connectivity index (χ2n) is 17.5.